The van der Waals surface area contributed by atoms with Gasteiger partial charge in [0, 0.05) is 5.69 Å². The van der Waals surface area contributed by atoms with Crippen LogP contribution in [0.25, 0.3) is 0 Å². The minimum Gasteiger partial charge on any atom is -0.326 e. The molecule has 0 saturated carbocycles. The molecule has 0 bridgehead atoms. The summed E-state index contributed by atoms with van der Waals surface area (Å²) in [6.07, 6.45) is -0.507. The molecule has 19 heavy (non-hydrogen) atoms. The maximum atomic E-state index is 12.0. The lowest BCUT2D eigenvalue weighted by atomic mass is 10.1. The van der Waals surface area contributed by atoms with Crippen LogP contribution in [0, 0.1) is 12.8 Å². The Morgan fingerprint density at radius 3 is 2.42 bits per heavy atom. The van der Waals surface area contributed by atoms with E-state index in [1.54, 1.807) is 12.1 Å². The van der Waals surface area contributed by atoms with Crippen LogP contribution in [0.2, 0.25) is 0 Å². The summed E-state index contributed by atoms with van der Waals surface area (Å²) in [6.45, 7) is 5.79. The molecule has 5 nitrogen and oxygen atoms in total. The second-order valence-electron chi connectivity index (χ2n) is 4.86. The molecule has 0 fully saturated rings. The minimum absolute atomic E-state index is 0.190. The highest BCUT2D eigenvalue weighted by molar-refractivity contribution is 7.32. The van der Waals surface area contributed by atoms with Crippen molar-refractivity contribution >= 4 is 19.8 Å². The van der Waals surface area contributed by atoms with Crippen molar-refractivity contribution in [3.8, 4) is 0 Å². The van der Waals surface area contributed by atoms with Crippen molar-refractivity contribution in [1.82, 2.24) is 0 Å². The van der Waals surface area contributed by atoms with Crippen molar-refractivity contribution in [1.29, 1.82) is 0 Å². The van der Waals surface area contributed by atoms with Gasteiger partial charge in [0.05, 0.1) is 0 Å². The van der Waals surface area contributed by atoms with Gasteiger partial charge in [0.2, 0.25) is 0 Å². The van der Waals surface area contributed by atoms with Crippen molar-refractivity contribution < 1.29 is 18.8 Å². The number of rotatable bonds is 6. The average molecular weight is 285 g/mol. The Bertz CT molecular complexity index is 444. The molecule has 6 heteroatoms. The highest BCUT2D eigenvalue weighted by Crippen LogP contribution is 2.23. The smallest absolute Gasteiger partial charge is 0.317 e. The molecule has 0 heterocycles. The SMILES string of the molecule is Cc1ccc(NC(=O)C(CC(C)C)O[PH](=O)O)cc1. The van der Waals surface area contributed by atoms with Gasteiger partial charge >= 0.3 is 8.25 Å². The molecule has 0 spiro atoms. The summed E-state index contributed by atoms with van der Waals surface area (Å²) in [7, 11) is -3.13. The highest BCUT2D eigenvalue weighted by Gasteiger charge is 2.22. The van der Waals surface area contributed by atoms with Gasteiger partial charge < -0.3 is 10.2 Å². The first-order valence-corrected chi connectivity index (χ1v) is 7.42. The summed E-state index contributed by atoms with van der Waals surface area (Å²) in [6, 6.07) is 7.31. The number of aryl methyl sites for hydroxylation is 1. The number of nitrogens with one attached hydrogen (secondary N) is 1. The van der Waals surface area contributed by atoms with E-state index in [2.05, 4.69) is 5.32 Å². The monoisotopic (exact) mass is 285 g/mol. The Morgan fingerprint density at radius 2 is 1.95 bits per heavy atom. The molecule has 2 N–H and O–H groups in total. The third-order valence-corrected chi connectivity index (χ3v) is 3.03. The van der Waals surface area contributed by atoms with Gasteiger partial charge in [-0.25, -0.2) is 0 Å². The first-order chi connectivity index (χ1) is 8.88. The topological polar surface area (TPSA) is 75.6 Å². The van der Waals surface area contributed by atoms with Gasteiger partial charge in [-0.05, 0) is 31.4 Å². The van der Waals surface area contributed by atoms with Crippen LogP contribution in [0.1, 0.15) is 25.8 Å². The molecular weight excluding hydrogens is 265 g/mol. The van der Waals surface area contributed by atoms with Crippen LogP contribution in [-0.4, -0.2) is 16.9 Å². The Hall–Kier alpha value is -1.16. The summed E-state index contributed by atoms with van der Waals surface area (Å²) >= 11 is 0. The van der Waals surface area contributed by atoms with E-state index in [0.29, 0.717) is 12.1 Å². The van der Waals surface area contributed by atoms with Crippen LogP contribution in [0.4, 0.5) is 5.69 Å². The number of benzene rings is 1. The van der Waals surface area contributed by atoms with E-state index < -0.39 is 20.3 Å². The van der Waals surface area contributed by atoms with Gasteiger partial charge in [0.15, 0.2) is 0 Å². The van der Waals surface area contributed by atoms with Crippen molar-refractivity contribution in [2.24, 2.45) is 5.92 Å². The number of anilines is 1. The molecule has 1 aromatic carbocycles. The van der Waals surface area contributed by atoms with Crippen LogP contribution in [0.5, 0.6) is 0 Å². The Labute approximate surface area is 113 Å². The van der Waals surface area contributed by atoms with Gasteiger partial charge in [-0.15, -0.1) is 0 Å². The fraction of sp³-hybridized carbons (Fsp3) is 0.462. The second-order valence-corrected chi connectivity index (χ2v) is 5.62. The molecule has 0 aromatic heterocycles. The molecule has 1 rings (SSSR count). The lowest BCUT2D eigenvalue weighted by Gasteiger charge is -2.17. The number of carbonyl (C=O) groups is 1. The molecule has 0 radical (unpaired) electrons. The molecule has 106 valence electrons. The average Bonchev–Trinajstić information content (AvgIpc) is 2.30. The molecular formula is C13H20NO4P. The quantitative estimate of drug-likeness (QED) is 0.788. The Balaban J connectivity index is 2.70. The van der Waals surface area contributed by atoms with Crippen LogP contribution >= 0.6 is 8.25 Å². The number of amides is 1. The standard InChI is InChI=1S/C13H20NO4P/c1-9(2)8-12(18-19(16)17)13(15)14-11-6-4-10(3)5-7-11/h4-7,9,12,19H,8H2,1-3H3,(H,14,15)(H,16,17). The first kappa shape index (κ1) is 15.9. The predicted molar refractivity (Wildman–Crippen MR) is 75.4 cm³/mol. The Kier molecular flexibility index (Phi) is 6.22. The highest BCUT2D eigenvalue weighted by atomic mass is 31.1. The Morgan fingerprint density at radius 1 is 1.37 bits per heavy atom. The maximum absolute atomic E-state index is 12.0. The molecule has 0 aliphatic carbocycles. The third kappa shape index (κ3) is 6.01. The van der Waals surface area contributed by atoms with Crippen molar-refractivity contribution in [3.63, 3.8) is 0 Å². The number of carbonyl (C=O) groups excluding carboxylic acids is 1. The minimum atomic E-state index is -3.13. The van der Waals surface area contributed by atoms with Gasteiger partial charge in [-0.3, -0.25) is 13.9 Å². The van der Waals surface area contributed by atoms with E-state index in [1.807, 2.05) is 32.9 Å². The molecule has 2 atom stereocenters. The lowest BCUT2D eigenvalue weighted by Crippen LogP contribution is -2.30. The van der Waals surface area contributed by atoms with Gasteiger partial charge in [0.1, 0.15) is 6.10 Å². The van der Waals surface area contributed by atoms with Gasteiger partial charge in [-0.1, -0.05) is 31.5 Å². The van der Waals surface area contributed by atoms with Gasteiger partial charge in [-0.2, -0.15) is 0 Å². The first-order valence-electron chi connectivity index (χ1n) is 6.15. The second kappa shape index (κ2) is 7.43. The zero-order chi connectivity index (χ0) is 14.4. The van der Waals surface area contributed by atoms with Crippen LogP contribution < -0.4 is 5.32 Å². The van der Waals surface area contributed by atoms with E-state index in [4.69, 9.17) is 9.42 Å². The molecule has 0 aliphatic heterocycles. The number of hydrogen-bond acceptors (Lipinski definition) is 3. The van der Waals surface area contributed by atoms with Crippen LogP contribution in [-0.2, 0) is 13.9 Å². The van der Waals surface area contributed by atoms with Gasteiger partial charge in [0.25, 0.3) is 5.91 Å². The zero-order valence-electron chi connectivity index (χ0n) is 11.3. The normalized spacial score (nSPS) is 14.2. The molecule has 1 amide bonds. The van der Waals surface area contributed by atoms with E-state index >= 15 is 0 Å². The fourth-order valence-electron chi connectivity index (χ4n) is 1.62. The predicted octanol–water partition coefficient (Wildman–Crippen LogP) is 2.75. The molecule has 0 saturated heterocycles. The lowest BCUT2D eigenvalue weighted by molar-refractivity contribution is -0.123. The van der Waals surface area contributed by atoms with Crippen molar-refractivity contribution in [3.05, 3.63) is 29.8 Å². The molecule has 1 aromatic rings. The van der Waals surface area contributed by atoms with E-state index in [0.717, 1.165) is 5.56 Å². The van der Waals surface area contributed by atoms with Crippen molar-refractivity contribution in [2.75, 3.05) is 5.32 Å². The van der Waals surface area contributed by atoms with E-state index in [1.165, 1.54) is 0 Å². The summed E-state index contributed by atoms with van der Waals surface area (Å²) in [4.78, 5) is 20.8. The zero-order valence-corrected chi connectivity index (χ0v) is 12.3. The third-order valence-electron chi connectivity index (χ3n) is 2.54. The largest absolute Gasteiger partial charge is 0.326 e. The van der Waals surface area contributed by atoms with Crippen LogP contribution in [0.15, 0.2) is 24.3 Å². The van der Waals surface area contributed by atoms with E-state index in [-0.39, 0.29) is 5.92 Å². The van der Waals surface area contributed by atoms with Crippen molar-refractivity contribution in [2.45, 2.75) is 33.3 Å². The maximum Gasteiger partial charge on any atom is 0.317 e. The fourth-order valence-corrected chi connectivity index (χ4v) is 2.06. The van der Waals surface area contributed by atoms with E-state index in [9.17, 15) is 9.36 Å². The number of hydrogen-bond donors (Lipinski definition) is 2. The summed E-state index contributed by atoms with van der Waals surface area (Å²) in [5.74, 6) is -0.208. The summed E-state index contributed by atoms with van der Waals surface area (Å²) < 4.78 is 15.6. The van der Waals surface area contributed by atoms with Crippen LogP contribution in [0.3, 0.4) is 0 Å². The summed E-state index contributed by atoms with van der Waals surface area (Å²) in [5, 5.41) is 2.68. The summed E-state index contributed by atoms with van der Waals surface area (Å²) in [5.41, 5.74) is 1.74. The molecule has 0 aliphatic rings. The molecule has 2 unspecified atom stereocenters.